The summed E-state index contributed by atoms with van der Waals surface area (Å²) in [6.07, 6.45) is 1.67. The van der Waals surface area contributed by atoms with Gasteiger partial charge in [-0.25, -0.2) is 4.57 Å². The van der Waals surface area contributed by atoms with Crippen molar-refractivity contribution in [1.29, 1.82) is 0 Å². The van der Waals surface area contributed by atoms with Gasteiger partial charge in [-0.1, -0.05) is 38.1 Å². The number of nitrogens with two attached hydrogens (primary N) is 1. The quantitative estimate of drug-likeness (QED) is 0.444. The molecular weight excluding hydrogens is 391 g/mol. The van der Waals surface area contributed by atoms with Gasteiger partial charge in [0.05, 0.1) is 26.7 Å². The molecule has 0 bridgehead atoms. The van der Waals surface area contributed by atoms with E-state index in [1.165, 1.54) is 7.11 Å². The first-order valence-corrected chi connectivity index (χ1v) is 11.4. The van der Waals surface area contributed by atoms with E-state index in [2.05, 4.69) is 13.8 Å². The van der Waals surface area contributed by atoms with Gasteiger partial charge in [0.15, 0.2) is 0 Å². The number of nitrogen functional groups attached to an aromatic ring is 1. The average molecular weight is 422 g/mol. The summed E-state index contributed by atoms with van der Waals surface area (Å²) in [5.41, 5.74) is 12.4. The van der Waals surface area contributed by atoms with Crippen LogP contribution >= 0.6 is 7.75 Å². The molecule has 1 amide bonds. The first-order chi connectivity index (χ1) is 13.9. The van der Waals surface area contributed by atoms with Crippen molar-refractivity contribution < 1.29 is 23.2 Å². The van der Waals surface area contributed by atoms with E-state index in [9.17, 15) is 9.36 Å². The van der Waals surface area contributed by atoms with Gasteiger partial charge in [-0.3, -0.25) is 18.7 Å². The molecule has 0 spiro atoms. The monoisotopic (exact) mass is 422 g/mol. The van der Waals surface area contributed by atoms with Crippen LogP contribution in [0.15, 0.2) is 24.3 Å². The van der Waals surface area contributed by atoms with E-state index < -0.39 is 13.7 Å². The molecule has 0 aromatic carbocycles. The Bertz CT molecular complexity index is 819. The van der Waals surface area contributed by atoms with Crippen molar-refractivity contribution in [3.8, 4) is 11.1 Å². The molecule has 0 aromatic heterocycles. The average Bonchev–Trinajstić information content (AvgIpc) is 2.79. The van der Waals surface area contributed by atoms with Crippen molar-refractivity contribution in [2.45, 2.75) is 47.0 Å². The molecular formula is C21H31N2O5P. The fourth-order valence-electron chi connectivity index (χ4n) is 3.54. The summed E-state index contributed by atoms with van der Waals surface area (Å²) in [5, 5.41) is 0. The first-order valence-electron chi connectivity index (χ1n) is 9.95. The normalized spacial score (nSPS) is 11.8. The summed E-state index contributed by atoms with van der Waals surface area (Å²) < 4.78 is 23.4. The smallest absolute Gasteiger partial charge is 0.398 e. The molecule has 2 N–H and O–H groups in total. The molecule has 0 heterocycles. The zero-order valence-corrected chi connectivity index (χ0v) is 18.8. The minimum Gasteiger partial charge on any atom is -0.398 e. The maximum absolute atomic E-state index is 12.9. The van der Waals surface area contributed by atoms with Crippen LogP contribution in [0.2, 0.25) is 0 Å². The van der Waals surface area contributed by atoms with Crippen molar-refractivity contribution in [2.75, 3.05) is 26.1 Å². The Morgan fingerprint density at radius 3 is 1.83 bits per heavy atom. The van der Waals surface area contributed by atoms with E-state index in [1.807, 2.05) is 24.3 Å². The molecule has 7 nitrogen and oxygen atoms in total. The predicted octanol–water partition coefficient (Wildman–Crippen LogP) is 4.61. The molecule has 2 aliphatic carbocycles. The maximum atomic E-state index is 12.9. The standard InChI is InChI=1S/C21H31N2O5P/c1-6-16-18-12-10-15(11-13-19(18)17(7-2)21(16)22)14-20(24)23(26-5)29(25,27-8-3)28-9-4/h10-13H,6-9,14,22H2,1-5H3. The predicted molar refractivity (Wildman–Crippen MR) is 115 cm³/mol. The van der Waals surface area contributed by atoms with Crippen molar-refractivity contribution in [3.63, 3.8) is 0 Å². The van der Waals surface area contributed by atoms with E-state index >= 15 is 0 Å². The lowest BCUT2D eigenvalue weighted by molar-refractivity contribution is -0.157. The minimum atomic E-state index is -3.86. The van der Waals surface area contributed by atoms with E-state index in [0.717, 1.165) is 51.2 Å². The Morgan fingerprint density at radius 1 is 0.966 bits per heavy atom. The molecule has 0 aromatic rings. The summed E-state index contributed by atoms with van der Waals surface area (Å²) in [4.78, 5) is 18.6. The van der Waals surface area contributed by atoms with Crippen molar-refractivity contribution in [3.05, 3.63) is 41.0 Å². The SMILES string of the molecule is CCOP(=O)(OCC)N(OC)C(=O)Cc1ccc2c(CC)c(N)c(CC)c-2cc1. The second kappa shape index (κ2) is 10.2. The summed E-state index contributed by atoms with van der Waals surface area (Å²) in [5.74, 6) is -0.505. The van der Waals surface area contributed by atoms with Crippen LogP contribution in [0, 0.1) is 0 Å². The topological polar surface area (TPSA) is 91.1 Å². The number of hydrogen-bond acceptors (Lipinski definition) is 6. The molecule has 0 radical (unpaired) electrons. The Hall–Kier alpha value is -1.92. The van der Waals surface area contributed by atoms with Crippen molar-refractivity contribution in [1.82, 2.24) is 4.83 Å². The van der Waals surface area contributed by atoms with Crippen LogP contribution in [0.1, 0.15) is 44.4 Å². The summed E-state index contributed by atoms with van der Waals surface area (Å²) in [6, 6.07) is 7.76. The van der Waals surface area contributed by atoms with Crippen molar-refractivity contribution in [2.24, 2.45) is 0 Å². The number of carbonyl (C=O) groups excluding carboxylic acids is 1. The van der Waals surface area contributed by atoms with E-state index in [-0.39, 0.29) is 19.6 Å². The van der Waals surface area contributed by atoms with E-state index in [1.54, 1.807) is 13.8 Å². The highest BCUT2D eigenvalue weighted by molar-refractivity contribution is 7.51. The van der Waals surface area contributed by atoms with Gasteiger partial charge in [0.25, 0.3) is 5.91 Å². The lowest BCUT2D eigenvalue weighted by Crippen LogP contribution is -2.30. The molecule has 2 rings (SSSR count). The van der Waals surface area contributed by atoms with Gasteiger partial charge in [-0.15, -0.1) is 4.83 Å². The van der Waals surface area contributed by atoms with Crippen LogP contribution in [-0.4, -0.2) is 31.1 Å². The highest BCUT2D eigenvalue weighted by Gasteiger charge is 2.38. The van der Waals surface area contributed by atoms with Crippen LogP contribution in [0.5, 0.6) is 0 Å². The number of carbonyl (C=O) groups is 1. The first kappa shape index (κ1) is 23.4. The highest BCUT2D eigenvalue weighted by Crippen LogP contribution is 2.52. The molecule has 2 aliphatic rings. The Kier molecular flexibility index (Phi) is 8.23. The Labute approximate surface area is 173 Å². The molecule has 0 aliphatic heterocycles. The van der Waals surface area contributed by atoms with Gasteiger partial charge in [0.1, 0.15) is 0 Å². The number of fused-ring (bicyclic) bond motifs is 1. The molecule has 0 saturated heterocycles. The number of anilines is 1. The zero-order valence-electron chi connectivity index (χ0n) is 17.9. The maximum Gasteiger partial charge on any atom is 0.461 e. The summed E-state index contributed by atoms with van der Waals surface area (Å²) in [7, 11) is -2.59. The highest BCUT2D eigenvalue weighted by atomic mass is 31.2. The lowest BCUT2D eigenvalue weighted by Gasteiger charge is -2.27. The van der Waals surface area contributed by atoms with Crippen LogP contribution in [-0.2, 0) is 42.5 Å². The van der Waals surface area contributed by atoms with Gasteiger partial charge in [0, 0.05) is 5.69 Å². The Balaban J connectivity index is 2.37. The largest absolute Gasteiger partial charge is 0.461 e. The number of rotatable bonds is 10. The van der Waals surface area contributed by atoms with Crippen LogP contribution in [0.4, 0.5) is 5.69 Å². The third kappa shape index (κ3) is 4.81. The fraction of sp³-hybridized carbons (Fsp3) is 0.476. The second-order valence-electron chi connectivity index (χ2n) is 6.48. The molecule has 8 heteroatoms. The third-order valence-corrected chi connectivity index (χ3v) is 6.77. The molecule has 160 valence electrons. The number of hydroxylamine groups is 1. The number of amides is 1. The van der Waals surface area contributed by atoms with Gasteiger partial charge in [0.2, 0.25) is 0 Å². The van der Waals surface area contributed by atoms with E-state index in [4.69, 9.17) is 19.6 Å². The molecule has 0 fully saturated rings. The number of nitrogens with zero attached hydrogens (tertiary/aromatic N) is 1. The van der Waals surface area contributed by atoms with Gasteiger partial charge in [-0.05, 0) is 54.5 Å². The molecule has 0 atom stereocenters. The van der Waals surface area contributed by atoms with Gasteiger partial charge < -0.3 is 5.73 Å². The van der Waals surface area contributed by atoms with Gasteiger partial charge >= 0.3 is 7.75 Å². The van der Waals surface area contributed by atoms with Gasteiger partial charge in [-0.2, -0.15) is 0 Å². The summed E-state index contributed by atoms with van der Waals surface area (Å²) in [6.45, 7) is 7.76. The molecule has 0 unspecified atom stereocenters. The second-order valence-corrected chi connectivity index (χ2v) is 8.29. The van der Waals surface area contributed by atoms with E-state index in [0.29, 0.717) is 0 Å². The van der Waals surface area contributed by atoms with Crippen LogP contribution in [0.3, 0.4) is 0 Å². The van der Waals surface area contributed by atoms with Crippen LogP contribution < -0.4 is 5.73 Å². The van der Waals surface area contributed by atoms with Crippen LogP contribution in [0.25, 0.3) is 11.1 Å². The fourth-order valence-corrected chi connectivity index (χ4v) is 5.02. The molecule has 29 heavy (non-hydrogen) atoms. The lowest BCUT2D eigenvalue weighted by atomic mass is 10.1. The Morgan fingerprint density at radius 2 is 1.45 bits per heavy atom. The summed E-state index contributed by atoms with van der Waals surface area (Å²) >= 11 is 0. The molecule has 0 saturated carbocycles. The van der Waals surface area contributed by atoms with Crippen molar-refractivity contribution >= 4 is 19.3 Å². The number of hydrogen-bond donors (Lipinski definition) is 1. The third-order valence-electron chi connectivity index (χ3n) is 4.77. The zero-order chi connectivity index (χ0) is 21.6. The minimum absolute atomic E-state index is 0.00630.